The third kappa shape index (κ3) is 2.48. The van der Waals surface area contributed by atoms with Gasteiger partial charge in [0.1, 0.15) is 5.82 Å². The molecule has 0 aliphatic rings. The van der Waals surface area contributed by atoms with Crippen molar-refractivity contribution in [3.05, 3.63) is 66.5 Å². The summed E-state index contributed by atoms with van der Waals surface area (Å²) in [5.74, 6) is 0.965. The Bertz CT molecular complexity index is 683. The summed E-state index contributed by atoms with van der Waals surface area (Å²) < 4.78 is 3.82. The molecule has 0 aliphatic heterocycles. The smallest absolute Gasteiger partial charge is 0.110 e. The second-order valence-corrected chi connectivity index (χ2v) is 4.79. The van der Waals surface area contributed by atoms with Crippen LogP contribution < -0.4 is 5.73 Å². The summed E-state index contributed by atoms with van der Waals surface area (Å²) in [6.07, 6.45) is 6.31. The minimum absolute atomic E-state index is 0.152. The standard InChI is InChI=1S/C15H17N5/c1-19-10-8-17-15(19)11-13(16)14-7-9-20(18-14)12-5-3-2-4-6-12/h2-10,13H,11,16H2,1H3. The van der Waals surface area contributed by atoms with Crippen LogP contribution in [0.5, 0.6) is 0 Å². The Morgan fingerprint density at radius 3 is 2.65 bits per heavy atom. The van der Waals surface area contributed by atoms with E-state index in [9.17, 15) is 0 Å². The molecule has 1 aromatic carbocycles. The van der Waals surface area contributed by atoms with Crippen LogP contribution in [0.1, 0.15) is 17.6 Å². The quantitative estimate of drug-likeness (QED) is 0.784. The van der Waals surface area contributed by atoms with E-state index in [-0.39, 0.29) is 6.04 Å². The number of hydrogen-bond acceptors (Lipinski definition) is 3. The van der Waals surface area contributed by atoms with Gasteiger partial charge < -0.3 is 10.3 Å². The predicted octanol–water partition coefficient (Wildman–Crippen LogP) is 1.85. The van der Waals surface area contributed by atoms with E-state index in [4.69, 9.17) is 5.73 Å². The van der Waals surface area contributed by atoms with Crippen molar-refractivity contribution in [3.8, 4) is 5.69 Å². The molecule has 5 nitrogen and oxygen atoms in total. The number of nitrogens with zero attached hydrogens (tertiary/aromatic N) is 4. The van der Waals surface area contributed by atoms with Crippen LogP contribution >= 0.6 is 0 Å². The Morgan fingerprint density at radius 2 is 1.95 bits per heavy atom. The maximum atomic E-state index is 6.22. The van der Waals surface area contributed by atoms with Gasteiger partial charge in [-0.3, -0.25) is 0 Å². The summed E-state index contributed by atoms with van der Waals surface area (Å²) in [4.78, 5) is 4.29. The van der Waals surface area contributed by atoms with Gasteiger partial charge in [-0.05, 0) is 18.2 Å². The lowest BCUT2D eigenvalue weighted by atomic mass is 10.1. The number of rotatable bonds is 4. The molecule has 0 saturated carbocycles. The van der Waals surface area contributed by atoms with E-state index in [2.05, 4.69) is 10.1 Å². The van der Waals surface area contributed by atoms with Gasteiger partial charge in [0.25, 0.3) is 0 Å². The van der Waals surface area contributed by atoms with E-state index in [0.29, 0.717) is 6.42 Å². The van der Waals surface area contributed by atoms with Gasteiger partial charge >= 0.3 is 0 Å². The number of para-hydroxylation sites is 1. The molecule has 2 aromatic heterocycles. The molecule has 1 unspecified atom stereocenters. The monoisotopic (exact) mass is 267 g/mol. The van der Waals surface area contributed by atoms with Gasteiger partial charge in [0.2, 0.25) is 0 Å². The fourth-order valence-corrected chi connectivity index (χ4v) is 2.15. The van der Waals surface area contributed by atoms with Crippen LogP contribution in [0.4, 0.5) is 0 Å². The van der Waals surface area contributed by atoms with Gasteiger partial charge in [-0.25, -0.2) is 9.67 Å². The highest BCUT2D eigenvalue weighted by Crippen LogP contribution is 2.15. The highest BCUT2D eigenvalue weighted by molar-refractivity contribution is 5.30. The number of hydrogen-bond donors (Lipinski definition) is 1. The average Bonchev–Trinajstić information content (AvgIpc) is 3.10. The Balaban J connectivity index is 1.78. The number of aryl methyl sites for hydroxylation is 1. The molecular weight excluding hydrogens is 250 g/mol. The number of nitrogens with two attached hydrogens (primary N) is 1. The molecule has 0 fully saturated rings. The zero-order valence-electron chi connectivity index (χ0n) is 11.3. The second kappa shape index (κ2) is 5.30. The number of benzene rings is 1. The third-order valence-corrected chi connectivity index (χ3v) is 3.33. The Kier molecular flexibility index (Phi) is 3.35. The molecule has 2 N–H and O–H groups in total. The van der Waals surface area contributed by atoms with E-state index < -0.39 is 0 Å². The average molecular weight is 267 g/mol. The summed E-state index contributed by atoms with van der Waals surface area (Å²) in [6.45, 7) is 0. The minimum Gasteiger partial charge on any atom is -0.338 e. The van der Waals surface area contributed by atoms with Crippen molar-refractivity contribution in [2.75, 3.05) is 0 Å². The van der Waals surface area contributed by atoms with Crippen LogP contribution in [0.2, 0.25) is 0 Å². The minimum atomic E-state index is -0.152. The van der Waals surface area contributed by atoms with Crippen molar-refractivity contribution in [1.29, 1.82) is 0 Å². The van der Waals surface area contributed by atoms with E-state index in [0.717, 1.165) is 17.2 Å². The summed E-state index contributed by atoms with van der Waals surface area (Å²) in [6, 6.07) is 11.8. The predicted molar refractivity (Wildman–Crippen MR) is 77.4 cm³/mol. The molecule has 20 heavy (non-hydrogen) atoms. The third-order valence-electron chi connectivity index (χ3n) is 3.33. The zero-order valence-corrected chi connectivity index (χ0v) is 11.3. The lowest BCUT2D eigenvalue weighted by Crippen LogP contribution is -2.16. The molecule has 0 radical (unpaired) electrons. The molecule has 1 atom stereocenters. The summed E-state index contributed by atoms with van der Waals surface area (Å²) in [5.41, 5.74) is 8.12. The molecule has 3 aromatic rings. The molecule has 0 spiro atoms. The van der Waals surface area contributed by atoms with E-state index in [1.54, 1.807) is 6.20 Å². The molecule has 0 bridgehead atoms. The van der Waals surface area contributed by atoms with Crippen molar-refractivity contribution in [3.63, 3.8) is 0 Å². The fraction of sp³-hybridized carbons (Fsp3) is 0.200. The van der Waals surface area contributed by atoms with Crippen molar-refractivity contribution in [1.82, 2.24) is 19.3 Å². The van der Waals surface area contributed by atoms with Gasteiger partial charge in [0, 0.05) is 32.1 Å². The lowest BCUT2D eigenvalue weighted by Gasteiger charge is -2.08. The number of imidazole rings is 1. The normalized spacial score (nSPS) is 12.5. The Morgan fingerprint density at radius 1 is 1.15 bits per heavy atom. The van der Waals surface area contributed by atoms with Gasteiger partial charge in [-0.1, -0.05) is 18.2 Å². The molecule has 5 heteroatoms. The van der Waals surface area contributed by atoms with Crippen molar-refractivity contribution < 1.29 is 0 Å². The van der Waals surface area contributed by atoms with Crippen molar-refractivity contribution >= 4 is 0 Å². The molecule has 102 valence electrons. The lowest BCUT2D eigenvalue weighted by molar-refractivity contribution is 0.634. The van der Waals surface area contributed by atoms with Crippen LogP contribution in [0, 0.1) is 0 Å². The highest BCUT2D eigenvalue weighted by atomic mass is 15.3. The van der Waals surface area contributed by atoms with Crippen molar-refractivity contribution in [2.24, 2.45) is 12.8 Å². The van der Waals surface area contributed by atoms with E-state index in [1.165, 1.54) is 0 Å². The van der Waals surface area contributed by atoms with Crippen LogP contribution in [0.15, 0.2) is 55.0 Å². The van der Waals surface area contributed by atoms with Crippen LogP contribution in [-0.4, -0.2) is 19.3 Å². The first kappa shape index (κ1) is 12.6. The first-order valence-electron chi connectivity index (χ1n) is 6.57. The summed E-state index contributed by atoms with van der Waals surface area (Å²) in [7, 11) is 1.97. The Hall–Kier alpha value is -2.40. The topological polar surface area (TPSA) is 61.7 Å². The van der Waals surface area contributed by atoms with Crippen molar-refractivity contribution in [2.45, 2.75) is 12.5 Å². The summed E-state index contributed by atoms with van der Waals surface area (Å²) >= 11 is 0. The molecule has 0 amide bonds. The Labute approximate surface area is 117 Å². The molecule has 0 aliphatic carbocycles. The SMILES string of the molecule is Cn1ccnc1CC(N)c1ccn(-c2ccccc2)n1. The molecule has 2 heterocycles. The maximum absolute atomic E-state index is 6.22. The van der Waals surface area contributed by atoms with Gasteiger partial charge in [0.15, 0.2) is 0 Å². The molecule has 0 saturated heterocycles. The first-order valence-corrected chi connectivity index (χ1v) is 6.57. The van der Waals surface area contributed by atoms with E-state index in [1.807, 2.05) is 65.1 Å². The highest BCUT2D eigenvalue weighted by Gasteiger charge is 2.13. The number of aromatic nitrogens is 4. The van der Waals surface area contributed by atoms with Gasteiger partial charge in [0.05, 0.1) is 17.4 Å². The van der Waals surface area contributed by atoms with Gasteiger partial charge in [-0.15, -0.1) is 0 Å². The molecular formula is C15H17N5. The maximum Gasteiger partial charge on any atom is 0.110 e. The zero-order chi connectivity index (χ0) is 13.9. The van der Waals surface area contributed by atoms with Crippen LogP contribution in [0.3, 0.4) is 0 Å². The second-order valence-electron chi connectivity index (χ2n) is 4.79. The largest absolute Gasteiger partial charge is 0.338 e. The van der Waals surface area contributed by atoms with Crippen LogP contribution in [0.25, 0.3) is 5.69 Å². The fourth-order valence-electron chi connectivity index (χ4n) is 2.15. The molecule has 3 rings (SSSR count). The first-order chi connectivity index (χ1) is 9.74. The van der Waals surface area contributed by atoms with Gasteiger partial charge in [-0.2, -0.15) is 5.10 Å². The van der Waals surface area contributed by atoms with Crippen LogP contribution in [-0.2, 0) is 13.5 Å². The summed E-state index contributed by atoms with van der Waals surface area (Å²) in [5, 5.41) is 4.55. The van der Waals surface area contributed by atoms with E-state index >= 15 is 0 Å².